The van der Waals surface area contributed by atoms with Gasteiger partial charge in [-0.05, 0) is 55.5 Å². The number of thiocarbonyl (C=S) groups is 1. The summed E-state index contributed by atoms with van der Waals surface area (Å²) in [4.78, 5) is 27.5. The third kappa shape index (κ3) is 7.79. The number of nitro benzene ring substituents is 1. The molecule has 8 nitrogen and oxygen atoms in total. The Balaban J connectivity index is 0.00000265. The van der Waals surface area contributed by atoms with Gasteiger partial charge in [-0.1, -0.05) is 0 Å². The summed E-state index contributed by atoms with van der Waals surface area (Å²) in [6.45, 7) is 0.993. The van der Waals surface area contributed by atoms with Gasteiger partial charge in [0.05, 0.1) is 22.3 Å². The Bertz CT molecular complexity index is 1040. The SMILES string of the molecule is CCl.CN(C[C@@](C)(O)C(=O)Nc1ccc([N+](=O)[O-])c(C(F)(F)F)c1)c1ccc(N=C=S)cc1. The number of benzene rings is 2. The van der Waals surface area contributed by atoms with Crippen LogP contribution >= 0.6 is 23.8 Å². The normalized spacial score (nSPS) is 12.4. The monoisotopic (exact) mass is 504 g/mol. The first kappa shape index (κ1) is 28.0. The number of amides is 1. The van der Waals surface area contributed by atoms with E-state index in [-0.39, 0.29) is 12.2 Å². The number of isothiocyanates is 1. The number of nitro groups is 1. The average Bonchev–Trinajstić information content (AvgIpc) is 2.74. The zero-order chi connectivity index (χ0) is 25.4. The van der Waals surface area contributed by atoms with Crippen molar-refractivity contribution in [1.29, 1.82) is 0 Å². The van der Waals surface area contributed by atoms with Gasteiger partial charge >= 0.3 is 6.18 Å². The third-order valence-electron chi connectivity index (χ3n) is 4.26. The molecule has 0 aliphatic heterocycles. The molecule has 0 unspecified atom stereocenters. The number of hydrogen-bond donors (Lipinski definition) is 2. The number of aliphatic imine (C=N–C) groups is 1. The minimum atomic E-state index is -4.99. The Labute approximate surface area is 197 Å². The zero-order valence-electron chi connectivity index (χ0n) is 17.7. The lowest BCUT2D eigenvalue weighted by molar-refractivity contribution is -0.388. The quantitative estimate of drug-likeness (QED) is 0.180. The van der Waals surface area contributed by atoms with E-state index in [1.165, 1.54) is 13.3 Å². The molecule has 0 saturated carbocycles. The minimum Gasteiger partial charge on any atom is -0.378 e. The number of aliphatic hydroxyl groups is 1. The third-order valence-corrected chi connectivity index (χ3v) is 4.35. The number of carbonyl (C=O) groups is 1. The molecule has 0 bridgehead atoms. The maximum Gasteiger partial charge on any atom is 0.423 e. The van der Waals surface area contributed by atoms with Crippen molar-refractivity contribution in [2.45, 2.75) is 18.7 Å². The van der Waals surface area contributed by atoms with Crippen molar-refractivity contribution >= 4 is 57.6 Å². The first-order chi connectivity index (χ1) is 15.3. The molecule has 2 aromatic carbocycles. The van der Waals surface area contributed by atoms with Gasteiger partial charge in [-0.2, -0.15) is 18.2 Å². The van der Waals surface area contributed by atoms with Crippen LogP contribution in [0.2, 0.25) is 0 Å². The molecule has 33 heavy (non-hydrogen) atoms. The molecule has 0 aliphatic rings. The minimum absolute atomic E-state index is 0.201. The molecule has 0 fully saturated rings. The van der Waals surface area contributed by atoms with E-state index in [4.69, 9.17) is 0 Å². The zero-order valence-corrected chi connectivity index (χ0v) is 19.3. The Morgan fingerprint density at radius 2 is 1.85 bits per heavy atom. The van der Waals surface area contributed by atoms with Gasteiger partial charge in [-0.15, -0.1) is 11.6 Å². The summed E-state index contributed by atoms with van der Waals surface area (Å²) in [6.07, 6.45) is -3.52. The largest absolute Gasteiger partial charge is 0.423 e. The molecule has 2 rings (SSSR count). The van der Waals surface area contributed by atoms with E-state index in [2.05, 4.69) is 39.3 Å². The number of halogens is 4. The van der Waals surface area contributed by atoms with Gasteiger partial charge in [0.15, 0.2) is 5.60 Å². The molecule has 0 saturated heterocycles. The van der Waals surface area contributed by atoms with Crippen LogP contribution in [0.25, 0.3) is 0 Å². The number of hydrogen-bond acceptors (Lipinski definition) is 7. The average molecular weight is 505 g/mol. The van der Waals surface area contributed by atoms with Crippen molar-refractivity contribution in [3.8, 4) is 0 Å². The highest BCUT2D eigenvalue weighted by atomic mass is 35.5. The van der Waals surface area contributed by atoms with Crippen molar-refractivity contribution in [3.05, 3.63) is 58.1 Å². The number of carbonyl (C=O) groups excluding carboxylic acids is 1. The van der Waals surface area contributed by atoms with E-state index < -0.39 is 33.9 Å². The lowest BCUT2D eigenvalue weighted by atomic mass is 10.0. The molecule has 178 valence electrons. The second-order valence-corrected chi connectivity index (χ2v) is 6.97. The van der Waals surface area contributed by atoms with Crippen LogP contribution in [0.3, 0.4) is 0 Å². The smallest absolute Gasteiger partial charge is 0.378 e. The topological polar surface area (TPSA) is 108 Å². The van der Waals surface area contributed by atoms with Gasteiger partial charge in [0.1, 0.15) is 5.56 Å². The maximum absolute atomic E-state index is 13.1. The maximum atomic E-state index is 13.1. The number of rotatable bonds is 7. The van der Waals surface area contributed by atoms with Crippen molar-refractivity contribution in [2.75, 3.05) is 30.2 Å². The summed E-state index contributed by atoms with van der Waals surface area (Å²) in [7, 11) is 1.60. The Hall–Kier alpha value is -3.05. The van der Waals surface area contributed by atoms with E-state index in [1.807, 2.05) is 0 Å². The molecular formula is C20H20ClF3N4O4S. The summed E-state index contributed by atoms with van der Waals surface area (Å²) in [5.74, 6) is -0.983. The first-order valence-corrected chi connectivity index (χ1v) is 10.2. The lowest BCUT2D eigenvalue weighted by Crippen LogP contribution is -2.48. The van der Waals surface area contributed by atoms with Crippen LogP contribution < -0.4 is 10.2 Å². The van der Waals surface area contributed by atoms with Gasteiger partial charge in [0, 0.05) is 30.9 Å². The number of alkyl halides is 4. The molecule has 1 amide bonds. The van der Waals surface area contributed by atoms with Crippen molar-refractivity contribution in [2.24, 2.45) is 4.99 Å². The van der Waals surface area contributed by atoms with Crippen LogP contribution in [0, 0.1) is 10.1 Å². The van der Waals surface area contributed by atoms with Gasteiger partial charge in [-0.25, -0.2) is 0 Å². The molecule has 0 heterocycles. The lowest BCUT2D eigenvalue weighted by Gasteiger charge is -2.29. The Morgan fingerprint density at radius 3 is 2.33 bits per heavy atom. The first-order valence-electron chi connectivity index (χ1n) is 9.01. The summed E-state index contributed by atoms with van der Waals surface area (Å²) < 4.78 is 39.3. The standard InChI is InChI=1S/C19H17F3N4O4S.CH3Cl/c1-18(28,10-25(2)14-6-3-12(4-7-14)23-11-31)17(27)24-13-5-8-16(26(29)30)15(9-13)19(20,21)22;1-2/h3-9,28H,10H2,1-2H3,(H,24,27);1H3/t18-;/m1./s1. The Morgan fingerprint density at radius 1 is 1.27 bits per heavy atom. The van der Waals surface area contributed by atoms with E-state index >= 15 is 0 Å². The van der Waals surface area contributed by atoms with Gasteiger partial charge in [0.2, 0.25) is 0 Å². The Kier molecular flexibility index (Phi) is 9.93. The highest BCUT2D eigenvalue weighted by Crippen LogP contribution is 2.37. The van der Waals surface area contributed by atoms with Crippen LogP contribution in [-0.2, 0) is 11.0 Å². The van der Waals surface area contributed by atoms with E-state index in [0.717, 1.165) is 6.07 Å². The molecule has 0 spiro atoms. The van der Waals surface area contributed by atoms with Crippen LogP contribution in [0.1, 0.15) is 12.5 Å². The summed E-state index contributed by atoms with van der Waals surface area (Å²) in [5.41, 5.74) is -3.79. The van der Waals surface area contributed by atoms with Crippen LogP contribution in [-0.4, -0.2) is 46.7 Å². The van der Waals surface area contributed by atoms with Crippen molar-refractivity contribution in [3.63, 3.8) is 0 Å². The molecular weight excluding hydrogens is 485 g/mol. The van der Waals surface area contributed by atoms with E-state index in [0.29, 0.717) is 23.5 Å². The van der Waals surface area contributed by atoms with Gasteiger partial charge < -0.3 is 15.3 Å². The van der Waals surface area contributed by atoms with Crippen LogP contribution in [0.15, 0.2) is 47.5 Å². The number of anilines is 2. The number of nitrogens with zero attached hydrogens (tertiary/aromatic N) is 3. The molecule has 2 aromatic rings. The highest BCUT2D eigenvalue weighted by Gasteiger charge is 2.39. The molecule has 0 aliphatic carbocycles. The molecule has 2 N–H and O–H groups in total. The van der Waals surface area contributed by atoms with Crippen molar-refractivity contribution < 1.29 is 28.0 Å². The van der Waals surface area contributed by atoms with Gasteiger partial charge in [-0.3, -0.25) is 14.9 Å². The fraction of sp³-hybridized carbons (Fsp3) is 0.300. The fourth-order valence-corrected chi connectivity index (χ4v) is 2.83. The second-order valence-electron chi connectivity index (χ2n) is 6.79. The van der Waals surface area contributed by atoms with Crippen LogP contribution in [0.5, 0.6) is 0 Å². The molecule has 0 aromatic heterocycles. The van der Waals surface area contributed by atoms with E-state index in [1.54, 1.807) is 36.2 Å². The number of nitrogens with one attached hydrogen (secondary N) is 1. The van der Waals surface area contributed by atoms with Crippen molar-refractivity contribution in [1.82, 2.24) is 0 Å². The predicted molar refractivity (Wildman–Crippen MR) is 124 cm³/mol. The highest BCUT2D eigenvalue weighted by molar-refractivity contribution is 7.78. The summed E-state index contributed by atoms with van der Waals surface area (Å²) in [5, 5.41) is 25.8. The van der Waals surface area contributed by atoms with Crippen LogP contribution in [0.4, 0.5) is 35.9 Å². The molecule has 0 radical (unpaired) electrons. The summed E-state index contributed by atoms with van der Waals surface area (Å²) in [6, 6.07) is 8.69. The van der Waals surface area contributed by atoms with E-state index in [9.17, 15) is 33.2 Å². The number of likely N-dealkylation sites (N-methyl/N-ethyl adjacent to an activating group) is 1. The molecule has 13 heteroatoms. The second kappa shape index (κ2) is 11.7. The fourth-order valence-electron chi connectivity index (χ4n) is 2.73. The summed E-state index contributed by atoms with van der Waals surface area (Å²) >= 11 is 9.16. The van der Waals surface area contributed by atoms with Gasteiger partial charge in [0.25, 0.3) is 11.6 Å². The predicted octanol–water partition coefficient (Wildman–Crippen LogP) is 5.03. The molecule has 1 atom stereocenters.